The minimum Gasteiger partial charge on any atom is -0.494 e. The maximum Gasteiger partial charge on any atom is 0.119 e. The average molecular weight is 378 g/mol. The Labute approximate surface area is 168 Å². The largest absolute Gasteiger partial charge is 0.494 e. The SMILES string of the molecule is [2H]C(C)(C)c1ccc(OCCCCCCCCOCCN2CCNCC2)cc1. The van der Waals surface area contributed by atoms with Gasteiger partial charge in [-0.25, -0.2) is 0 Å². The van der Waals surface area contributed by atoms with Gasteiger partial charge < -0.3 is 14.8 Å². The highest BCUT2D eigenvalue weighted by Gasteiger charge is 2.08. The summed E-state index contributed by atoms with van der Waals surface area (Å²) in [4.78, 5) is 2.48. The van der Waals surface area contributed by atoms with Gasteiger partial charge in [0.1, 0.15) is 5.75 Å². The first-order valence-corrected chi connectivity index (χ1v) is 10.8. The maximum atomic E-state index is 8.03. The predicted octanol–water partition coefficient (Wildman–Crippen LogP) is 4.45. The van der Waals surface area contributed by atoms with Crippen molar-refractivity contribution >= 4 is 0 Å². The summed E-state index contributed by atoms with van der Waals surface area (Å²) in [6.45, 7) is 12.0. The van der Waals surface area contributed by atoms with Crippen LogP contribution < -0.4 is 10.1 Å². The molecule has 0 radical (unpaired) electrons. The summed E-state index contributed by atoms with van der Waals surface area (Å²) in [5, 5.41) is 3.38. The molecule has 0 spiro atoms. The van der Waals surface area contributed by atoms with Crippen LogP contribution in [0.1, 0.15) is 65.2 Å². The van der Waals surface area contributed by atoms with Crippen LogP contribution in [-0.4, -0.2) is 57.4 Å². The van der Waals surface area contributed by atoms with Crippen molar-refractivity contribution in [2.45, 2.75) is 58.3 Å². The lowest BCUT2D eigenvalue weighted by Crippen LogP contribution is -2.44. The molecule has 0 saturated carbocycles. The topological polar surface area (TPSA) is 33.7 Å². The first-order valence-electron chi connectivity index (χ1n) is 11.3. The molecule has 0 aromatic heterocycles. The van der Waals surface area contributed by atoms with Gasteiger partial charge in [-0.2, -0.15) is 0 Å². The quantitative estimate of drug-likeness (QED) is 0.486. The number of rotatable bonds is 14. The van der Waals surface area contributed by atoms with Crippen molar-refractivity contribution in [1.82, 2.24) is 10.2 Å². The van der Waals surface area contributed by atoms with Gasteiger partial charge in [-0.1, -0.05) is 51.7 Å². The number of unbranched alkanes of at least 4 members (excludes halogenated alkanes) is 5. The zero-order chi connectivity index (χ0) is 20.1. The number of piperazine rings is 1. The van der Waals surface area contributed by atoms with Crippen LogP contribution in [0.2, 0.25) is 0 Å². The minimum atomic E-state index is -0.547. The smallest absolute Gasteiger partial charge is 0.119 e. The minimum absolute atomic E-state index is 0.547. The van der Waals surface area contributed by atoms with Gasteiger partial charge in [-0.05, 0) is 36.4 Å². The van der Waals surface area contributed by atoms with E-state index < -0.39 is 5.89 Å². The second-order valence-corrected chi connectivity index (χ2v) is 7.70. The summed E-state index contributed by atoms with van der Waals surface area (Å²) >= 11 is 0. The van der Waals surface area contributed by atoms with Crippen molar-refractivity contribution in [1.29, 1.82) is 0 Å². The van der Waals surface area contributed by atoms with E-state index in [1.165, 1.54) is 32.1 Å². The monoisotopic (exact) mass is 377 g/mol. The van der Waals surface area contributed by atoms with Gasteiger partial charge in [0.2, 0.25) is 0 Å². The van der Waals surface area contributed by atoms with Crippen LogP contribution in [-0.2, 0) is 4.74 Å². The third kappa shape index (κ3) is 10.1. The summed E-state index contributed by atoms with van der Waals surface area (Å²) in [5.74, 6) is 0.361. The highest BCUT2D eigenvalue weighted by atomic mass is 16.5. The summed E-state index contributed by atoms with van der Waals surface area (Å²) in [5.41, 5.74) is 1.02. The van der Waals surface area contributed by atoms with Gasteiger partial charge in [-0.3, -0.25) is 4.90 Å². The Morgan fingerprint density at radius 3 is 2.22 bits per heavy atom. The Morgan fingerprint density at radius 1 is 0.926 bits per heavy atom. The molecule has 1 aliphatic rings. The number of hydrogen-bond acceptors (Lipinski definition) is 4. The molecule has 4 heteroatoms. The Bertz CT molecular complexity index is 510. The highest BCUT2D eigenvalue weighted by Crippen LogP contribution is 2.18. The first-order chi connectivity index (χ1) is 13.6. The molecule has 1 heterocycles. The molecule has 27 heavy (non-hydrogen) atoms. The van der Waals surface area contributed by atoms with E-state index in [4.69, 9.17) is 10.8 Å². The van der Waals surface area contributed by atoms with Gasteiger partial charge in [-0.15, -0.1) is 0 Å². The van der Waals surface area contributed by atoms with Crippen molar-refractivity contribution in [2.75, 3.05) is 52.5 Å². The van der Waals surface area contributed by atoms with Crippen LogP contribution in [0, 0.1) is 0 Å². The number of benzene rings is 1. The van der Waals surface area contributed by atoms with Crippen LogP contribution >= 0.6 is 0 Å². The maximum absolute atomic E-state index is 8.03. The summed E-state index contributed by atoms with van der Waals surface area (Å²) in [6.07, 6.45) is 7.33. The molecule has 0 aliphatic carbocycles. The standard InChI is InChI=1S/C23H40N2O2/c1-21(2)22-9-11-23(12-10-22)27-19-8-6-4-3-5-7-18-26-20-17-25-15-13-24-14-16-25/h9-12,21,24H,3-8,13-20H2,1-2H3/i21D. The normalized spacial score (nSPS) is 16.3. The summed E-state index contributed by atoms with van der Waals surface area (Å²) in [6, 6.07) is 7.95. The zero-order valence-electron chi connectivity index (χ0n) is 18.5. The van der Waals surface area contributed by atoms with E-state index in [0.29, 0.717) is 0 Å². The van der Waals surface area contributed by atoms with Gasteiger partial charge in [0.05, 0.1) is 13.2 Å². The number of hydrogen-bond donors (Lipinski definition) is 1. The molecule has 0 amide bonds. The molecular formula is C23H40N2O2. The Morgan fingerprint density at radius 2 is 1.56 bits per heavy atom. The van der Waals surface area contributed by atoms with E-state index in [0.717, 1.165) is 70.3 Å². The third-order valence-electron chi connectivity index (χ3n) is 5.14. The molecule has 1 fully saturated rings. The summed E-state index contributed by atoms with van der Waals surface area (Å²) < 4.78 is 19.6. The van der Waals surface area contributed by atoms with E-state index in [9.17, 15) is 0 Å². The second-order valence-electron chi connectivity index (χ2n) is 7.70. The Hall–Kier alpha value is -1.10. The van der Waals surface area contributed by atoms with E-state index in [1.807, 2.05) is 38.1 Å². The van der Waals surface area contributed by atoms with Gasteiger partial charge >= 0.3 is 0 Å². The molecule has 1 aromatic rings. The van der Waals surface area contributed by atoms with Crippen molar-refractivity contribution < 1.29 is 10.8 Å². The van der Waals surface area contributed by atoms with Crippen molar-refractivity contribution in [2.24, 2.45) is 0 Å². The zero-order valence-corrected chi connectivity index (χ0v) is 17.5. The van der Waals surface area contributed by atoms with Crippen LogP contribution in [0.15, 0.2) is 24.3 Å². The lowest BCUT2D eigenvalue weighted by molar-refractivity contribution is 0.0962. The van der Waals surface area contributed by atoms with E-state index in [2.05, 4.69) is 10.2 Å². The molecule has 154 valence electrons. The molecule has 1 aliphatic heterocycles. The van der Waals surface area contributed by atoms with E-state index in [-0.39, 0.29) is 0 Å². The molecule has 1 aromatic carbocycles. The Balaban J connectivity index is 1.36. The fraction of sp³-hybridized carbons (Fsp3) is 0.739. The molecule has 1 N–H and O–H groups in total. The van der Waals surface area contributed by atoms with Crippen molar-refractivity contribution in [3.05, 3.63) is 29.8 Å². The number of ether oxygens (including phenoxy) is 2. The Kier molecular flexibility index (Phi) is 10.7. The lowest BCUT2D eigenvalue weighted by Gasteiger charge is -2.26. The molecule has 4 nitrogen and oxygen atoms in total. The van der Waals surface area contributed by atoms with Crippen molar-refractivity contribution in [3.63, 3.8) is 0 Å². The van der Waals surface area contributed by atoms with Gasteiger partial charge in [0, 0.05) is 40.7 Å². The van der Waals surface area contributed by atoms with Gasteiger partial charge in [0.25, 0.3) is 0 Å². The highest BCUT2D eigenvalue weighted by molar-refractivity contribution is 5.28. The average Bonchev–Trinajstić information content (AvgIpc) is 2.69. The predicted molar refractivity (Wildman–Crippen MR) is 114 cm³/mol. The van der Waals surface area contributed by atoms with Gasteiger partial charge in [0.15, 0.2) is 0 Å². The second kappa shape index (κ2) is 14.0. The molecular weight excluding hydrogens is 336 g/mol. The fourth-order valence-corrected chi connectivity index (χ4v) is 3.32. The van der Waals surface area contributed by atoms with E-state index in [1.54, 1.807) is 0 Å². The number of nitrogens with one attached hydrogen (secondary N) is 1. The third-order valence-corrected chi connectivity index (χ3v) is 5.14. The van der Waals surface area contributed by atoms with Crippen LogP contribution in [0.5, 0.6) is 5.75 Å². The molecule has 0 atom stereocenters. The van der Waals surface area contributed by atoms with Crippen molar-refractivity contribution in [3.8, 4) is 5.75 Å². The molecule has 0 bridgehead atoms. The number of nitrogens with zero attached hydrogens (tertiary/aromatic N) is 1. The van der Waals surface area contributed by atoms with Crippen LogP contribution in [0.3, 0.4) is 0 Å². The van der Waals surface area contributed by atoms with Crippen LogP contribution in [0.4, 0.5) is 0 Å². The summed E-state index contributed by atoms with van der Waals surface area (Å²) in [7, 11) is 0. The van der Waals surface area contributed by atoms with E-state index >= 15 is 0 Å². The molecule has 1 saturated heterocycles. The molecule has 2 rings (SSSR count). The lowest BCUT2D eigenvalue weighted by atomic mass is 10.0. The fourth-order valence-electron chi connectivity index (χ4n) is 3.32. The van der Waals surface area contributed by atoms with Crippen LogP contribution in [0.25, 0.3) is 0 Å². The first kappa shape index (κ1) is 20.6. The molecule has 0 unspecified atom stereocenters.